The largest absolute Gasteiger partial charge is 0.409 e. The summed E-state index contributed by atoms with van der Waals surface area (Å²) in [7, 11) is 0. The molecular formula is C14H20FN3O2. The Hall–Kier alpha value is -2.11. The number of benzene rings is 1. The van der Waals surface area contributed by atoms with Gasteiger partial charge < -0.3 is 15.8 Å². The van der Waals surface area contributed by atoms with Gasteiger partial charge in [0, 0.05) is 19.0 Å². The quantitative estimate of drug-likeness (QED) is 0.375. The van der Waals surface area contributed by atoms with Crippen LogP contribution in [0.2, 0.25) is 0 Å². The van der Waals surface area contributed by atoms with E-state index in [4.69, 9.17) is 10.9 Å². The second-order valence-electron chi connectivity index (χ2n) is 4.87. The van der Waals surface area contributed by atoms with Gasteiger partial charge >= 0.3 is 0 Å². The fraction of sp³-hybridized carbons (Fsp3) is 0.429. The minimum Gasteiger partial charge on any atom is -0.409 e. The van der Waals surface area contributed by atoms with Crippen molar-refractivity contribution in [3.8, 4) is 0 Å². The number of carbonyl (C=O) groups is 1. The number of oxime groups is 1. The average Bonchev–Trinajstić information content (AvgIpc) is 2.41. The molecule has 20 heavy (non-hydrogen) atoms. The number of hydrogen-bond donors (Lipinski definition) is 2. The van der Waals surface area contributed by atoms with E-state index in [-0.39, 0.29) is 30.4 Å². The summed E-state index contributed by atoms with van der Waals surface area (Å²) in [5, 5.41) is 11.4. The van der Waals surface area contributed by atoms with E-state index in [0.717, 1.165) is 0 Å². The molecule has 0 aliphatic rings. The molecule has 6 heteroatoms. The van der Waals surface area contributed by atoms with E-state index in [9.17, 15) is 9.18 Å². The molecule has 0 unspecified atom stereocenters. The van der Waals surface area contributed by atoms with Crippen molar-refractivity contribution in [3.63, 3.8) is 0 Å². The van der Waals surface area contributed by atoms with Gasteiger partial charge in [-0.3, -0.25) is 4.79 Å². The molecule has 0 saturated carbocycles. The van der Waals surface area contributed by atoms with Gasteiger partial charge in [-0.1, -0.05) is 17.3 Å². The van der Waals surface area contributed by atoms with Gasteiger partial charge in [-0.15, -0.1) is 0 Å². The summed E-state index contributed by atoms with van der Waals surface area (Å²) in [6.07, 6.45) is 0.230. The Morgan fingerprint density at radius 2 is 2.15 bits per heavy atom. The smallest absolute Gasteiger partial charge is 0.257 e. The SMILES string of the molecule is Cc1cccc(C(=O)N(CC/C(N)=N/O)C(C)C)c1F. The first kappa shape index (κ1) is 15.9. The van der Waals surface area contributed by atoms with E-state index in [1.54, 1.807) is 19.1 Å². The number of rotatable bonds is 5. The molecule has 0 radical (unpaired) electrons. The van der Waals surface area contributed by atoms with Gasteiger partial charge in [0.05, 0.1) is 5.56 Å². The minimum absolute atomic E-state index is 0.0353. The fourth-order valence-electron chi connectivity index (χ4n) is 1.85. The van der Waals surface area contributed by atoms with Gasteiger partial charge in [0.25, 0.3) is 5.91 Å². The molecule has 1 amide bonds. The monoisotopic (exact) mass is 281 g/mol. The molecule has 0 aromatic heterocycles. The van der Waals surface area contributed by atoms with Crippen LogP contribution in [0.15, 0.2) is 23.4 Å². The van der Waals surface area contributed by atoms with Crippen molar-refractivity contribution in [1.29, 1.82) is 0 Å². The lowest BCUT2D eigenvalue weighted by atomic mass is 10.1. The van der Waals surface area contributed by atoms with Gasteiger partial charge in [0.2, 0.25) is 0 Å². The highest BCUT2D eigenvalue weighted by Gasteiger charge is 2.22. The van der Waals surface area contributed by atoms with Crippen LogP contribution in [0.25, 0.3) is 0 Å². The maximum Gasteiger partial charge on any atom is 0.257 e. The molecule has 3 N–H and O–H groups in total. The normalized spacial score (nSPS) is 11.8. The van der Waals surface area contributed by atoms with Crippen LogP contribution >= 0.6 is 0 Å². The third-order valence-electron chi connectivity index (χ3n) is 3.04. The molecule has 0 bridgehead atoms. The first-order chi connectivity index (χ1) is 9.38. The Bertz CT molecular complexity index is 515. The first-order valence-corrected chi connectivity index (χ1v) is 6.41. The summed E-state index contributed by atoms with van der Waals surface area (Å²) in [4.78, 5) is 13.9. The van der Waals surface area contributed by atoms with Crippen LogP contribution in [0, 0.1) is 12.7 Å². The Kier molecular flexibility index (Phi) is 5.49. The minimum atomic E-state index is -0.507. The van der Waals surface area contributed by atoms with Crippen LogP contribution in [-0.2, 0) is 0 Å². The topological polar surface area (TPSA) is 78.9 Å². The highest BCUT2D eigenvalue weighted by Crippen LogP contribution is 2.16. The highest BCUT2D eigenvalue weighted by molar-refractivity contribution is 5.95. The average molecular weight is 281 g/mol. The number of nitrogens with two attached hydrogens (primary N) is 1. The number of nitrogens with zero attached hydrogens (tertiary/aromatic N) is 2. The fourth-order valence-corrected chi connectivity index (χ4v) is 1.85. The standard InChI is InChI=1S/C14H20FN3O2/c1-9(2)18(8-7-12(16)17-20)14(19)11-6-4-5-10(3)13(11)15/h4-6,9,20H,7-8H2,1-3H3,(H2,16,17). The van der Waals surface area contributed by atoms with Gasteiger partial charge in [-0.2, -0.15) is 0 Å². The molecule has 0 heterocycles. The van der Waals surface area contributed by atoms with Crippen LogP contribution in [-0.4, -0.2) is 34.4 Å². The molecule has 0 aliphatic heterocycles. The molecule has 1 aromatic carbocycles. The second-order valence-corrected chi connectivity index (χ2v) is 4.87. The Balaban J connectivity index is 2.97. The zero-order valence-electron chi connectivity index (χ0n) is 11.9. The van der Waals surface area contributed by atoms with Crippen LogP contribution in [0.5, 0.6) is 0 Å². The molecular weight excluding hydrogens is 261 g/mol. The number of amides is 1. The molecule has 1 rings (SSSR count). The number of halogens is 1. The summed E-state index contributed by atoms with van der Waals surface area (Å²) >= 11 is 0. The number of hydrogen-bond acceptors (Lipinski definition) is 3. The third-order valence-corrected chi connectivity index (χ3v) is 3.04. The molecule has 0 fully saturated rings. The molecule has 0 spiro atoms. The van der Waals surface area contributed by atoms with Gasteiger partial charge in [-0.05, 0) is 32.4 Å². The Labute approximate surface area is 117 Å². The molecule has 5 nitrogen and oxygen atoms in total. The molecule has 0 atom stereocenters. The number of amidine groups is 1. The maximum absolute atomic E-state index is 14.0. The zero-order valence-corrected chi connectivity index (χ0v) is 11.9. The number of carbonyl (C=O) groups excluding carboxylic acids is 1. The van der Waals surface area contributed by atoms with E-state index in [2.05, 4.69) is 5.16 Å². The van der Waals surface area contributed by atoms with Crippen LogP contribution in [0.4, 0.5) is 4.39 Å². The van der Waals surface area contributed by atoms with Crippen molar-refractivity contribution in [1.82, 2.24) is 4.90 Å². The van der Waals surface area contributed by atoms with Crippen molar-refractivity contribution in [2.75, 3.05) is 6.54 Å². The lowest BCUT2D eigenvalue weighted by molar-refractivity contribution is 0.0706. The lowest BCUT2D eigenvalue weighted by Gasteiger charge is -2.27. The lowest BCUT2D eigenvalue weighted by Crippen LogP contribution is -2.39. The molecule has 0 saturated heterocycles. The van der Waals surface area contributed by atoms with Gasteiger partial charge in [0.15, 0.2) is 0 Å². The van der Waals surface area contributed by atoms with Crippen LogP contribution < -0.4 is 5.73 Å². The predicted octanol–water partition coefficient (Wildman–Crippen LogP) is 2.12. The molecule has 1 aromatic rings. The highest BCUT2D eigenvalue weighted by atomic mass is 19.1. The summed E-state index contributed by atoms with van der Waals surface area (Å²) in [6.45, 7) is 5.54. The number of aryl methyl sites for hydroxylation is 1. The third kappa shape index (κ3) is 3.69. The molecule has 110 valence electrons. The van der Waals surface area contributed by atoms with E-state index in [1.807, 2.05) is 13.8 Å². The Morgan fingerprint density at radius 3 is 2.70 bits per heavy atom. The van der Waals surface area contributed by atoms with Crippen LogP contribution in [0.1, 0.15) is 36.2 Å². The van der Waals surface area contributed by atoms with E-state index in [0.29, 0.717) is 5.56 Å². The second kappa shape index (κ2) is 6.88. The zero-order chi connectivity index (χ0) is 15.3. The predicted molar refractivity (Wildman–Crippen MR) is 75.3 cm³/mol. The summed E-state index contributed by atoms with van der Waals surface area (Å²) < 4.78 is 14.0. The first-order valence-electron chi connectivity index (χ1n) is 6.41. The van der Waals surface area contributed by atoms with E-state index < -0.39 is 11.7 Å². The van der Waals surface area contributed by atoms with Crippen molar-refractivity contribution in [3.05, 3.63) is 35.1 Å². The summed E-state index contributed by atoms with van der Waals surface area (Å²) in [5.41, 5.74) is 5.87. The van der Waals surface area contributed by atoms with E-state index >= 15 is 0 Å². The van der Waals surface area contributed by atoms with Crippen molar-refractivity contribution >= 4 is 11.7 Å². The van der Waals surface area contributed by atoms with Crippen molar-refractivity contribution < 1.29 is 14.4 Å². The maximum atomic E-state index is 14.0. The Morgan fingerprint density at radius 1 is 1.50 bits per heavy atom. The van der Waals surface area contributed by atoms with E-state index in [1.165, 1.54) is 11.0 Å². The van der Waals surface area contributed by atoms with Crippen LogP contribution in [0.3, 0.4) is 0 Å². The van der Waals surface area contributed by atoms with Gasteiger partial charge in [-0.25, -0.2) is 4.39 Å². The van der Waals surface area contributed by atoms with Crippen molar-refractivity contribution in [2.45, 2.75) is 33.2 Å². The van der Waals surface area contributed by atoms with Gasteiger partial charge in [0.1, 0.15) is 11.7 Å². The van der Waals surface area contributed by atoms with Crippen molar-refractivity contribution in [2.24, 2.45) is 10.9 Å². The summed E-state index contributed by atoms with van der Waals surface area (Å²) in [5.74, 6) is -0.868. The molecule has 0 aliphatic carbocycles. The summed E-state index contributed by atoms with van der Waals surface area (Å²) in [6, 6.07) is 4.60.